The van der Waals surface area contributed by atoms with Gasteiger partial charge < -0.3 is 15.2 Å². The number of phenolic OH excluding ortho intramolecular Hbond substituents is 1. The molecule has 0 aromatic heterocycles. The van der Waals surface area contributed by atoms with E-state index in [2.05, 4.69) is 32.2 Å². The van der Waals surface area contributed by atoms with E-state index in [4.69, 9.17) is 4.74 Å². The van der Waals surface area contributed by atoms with E-state index in [0.717, 1.165) is 25.1 Å². The number of methoxy groups -OCH3 is 1. The molecule has 3 nitrogen and oxygen atoms in total. The van der Waals surface area contributed by atoms with Gasteiger partial charge in [0.2, 0.25) is 0 Å². The Morgan fingerprint density at radius 3 is 2.45 bits per heavy atom. The van der Waals surface area contributed by atoms with E-state index >= 15 is 0 Å². The second-order valence-electron chi connectivity index (χ2n) is 6.83. The van der Waals surface area contributed by atoms with Gasteiger partial charge in [-0.05, 0) is 60.9 Å². The van der Waals surface area contributed by atoms with Crippen LogP contribution in [0.25, 0.3) is 0 Å². The fourth-order valence-electron chi connectivity index (χ4n) is 2.81. The standard InChI is InChI=1S/C17H27NO2/c1-17(2,3)14-10-13(16(19)15(11-14)20-4)9-12-5-7-18-8-6-12/h10-12,18-19H,5-9H2,1-4H3. The minimum atomic E-state index is 0.0594. The van der Waals surface area contributed by atoms with Crippen molar-refractivity contribution in [3.8, 4) is 11.5 Å². The van der Waals surface area contributed by atoms with Crippen LogP contribution >= 0.6 is 0 Å². The topological polar surface area (TPSA) is 41.5 Å². The zero-order chi connectivity index (χ0) is 14.8. The van der Waals surface area contributed by atoms with Gasteiger partial charge in [-0.2, -0.15) is 0 Å². The number of rotatable bonds is 3. The lowest BCUT2D eigenvalue weighted by Gasteiger charge is -2.25. The summed E-state index contributed by atoms with van der Waals surface area (Å²) in [5, 5.41) is 13.8. The molecule has 1 aromatic carbocycles. The van der Waals surface area contributed by atoms with Crippen LogP contribution in [-0.2, 0) is 11.8 Å². The highest BCUT2D eigenvalue weighted by Gasteiger charge is 2.21. The van der Waals surface area contributed by atoms with Crippen LogP contribution in [0.3, 0.4) is 0 Å². The average Bonchev–Trinajstić information content (AvgIpc) is 2.41. The Morgan fingerprint density at radius 2 is 1.90 bits per heavy atom. The molecule has 112 valence electrons. The van der Waals surface area contributed by atoms with Gasteiger partial charge >= 0.3 is 0 Å². The number of nitrogens with one attached hydrogen (secondary N) is 1. The Kier molecular flexibility index (Phi) is 4.59. The van der Waals surface area contributed by atoms with Crippen LogP contribution in [0.4, 0.5) is 0 Å². The highest BCUT2D eigenvalue weighted by molar-refractivity contribution is 5.50. The summed E-state index contributed by atoms with van der Waals surface area (Å²) in [4.78, 5) is 0. The molecule has 0 aliphatic carbocycles. The van der Waals surface area contributed by atoms with Crippen LogP contribution in [-0.4, -0.2) is 25.3 Å². The third-order valence-electron chi connectivity index (χ3n) is 4.21. The second kappa shape index (κ2) is 6.04. The molecule has 0 spiro atoms. The first-order chi connectivity index (χ1) is 9.41. The van der Waals surface area contributed by atoms with Crippen molar-refractivity contribution in [2.75, 3.05) is 20.2 Å². The summed E-state index contributed by atoms with van der Waals surface area (Å²) in [5.41, 5.74) is 2.31. The monoisotopic (exact) mass is 277 g/mol. The molecular weight excluding hydrogens is 250 g/mol. The number of benzene rings is 1. The molecule has 1 aliphatic heterocycles. The summed E-state index contributed by atoms with van der Waals surface area (Å²) < 4.78 is 5.35. The number of hydrogen-bond donors (Lipinski definition) is 2. The van der Waals surface area contributed by atoms with Crippen molar-refractivity contribution in [2.24, 2.45) is 5.92 Å². The zero-order valence-corrected chi connectivity index (χ0v) is 13.1. The normalized spacial score (nSPS) is 17.2. The summed E-state index contributed by atoms with van der Waals surface area (Å²) in [5.74, 6) is 1.57. The number of phenols is 1. The maximum absolute atomic E-state index is 10.4. The van der Waals surface area contributed by atoms with E-state index in [9.17, 15) is 5.11 Å². The van der Waals surface area contributed by atoms with Gasteiger partial charge in [0.25, 0.3) is 0 Å². The maximum atomic E-state index is 10.4. The fraction of sp³-hybridized carbons (Fsp3) is 0.647. The molecule has 1 saturated heterocycles. The van der Waals surface area contributed by atoms with E-state index in [-0.39, 0.29) is 5.41 Å². The van der Waals surface area contributed by atoms with E-state index < -0.39 is 0 Å². The summed E-state index contributed by atoms with van der Waals surface area (Å²) in [6, 6.07) is 4.11. The molecular formula is C17H27NO2. The van der Waals surface area contributed by atoms with Crippen LogP contribution in [0.1, 0.15) is 44.7 Å². The van der Waals surface area contributed by atoms with Crippen LogP contribution in [0.15, 0.2) is 12.1 Å². The van der Waals surface area contributed by atoms with Crippen molar-refractivity contribution < 1.29 is 9.84 Å². The van der Waals surface area contributed by atoms with Gasteiger partial charge in [-0.1, -0.05) is 26.8 Å². The van der Waals surface area contributed by atoms with Gasteiger partial charge in [0.05, 0.1) is 7.11 Å². The molecule has 20 heavy (non-hydrogen) atoms. The first-order valence-electron chi connectivity index (χ1n) is 7.53. The molecule has 2 N–H and O–H groups in total. The molecule has 0 radical (unpaired) electrons. The molecule has 0 atom stereocenters. The minimum Gasteiger partial charge on any atom is -0.504 e. The highest BCUT2D eigenvalue weighted by atomic mass is 16.5. The lowest BCUT2D eigenvalue weighted by Crippen LogP contribution is -2.28. The molecule has 0 unspecified atom stereocenters. The molecule has 3 heteroatoms. The van der Waals surface area contributed by atoms with E-state index in [1.165, 1.54) is 18.4 Å². The summed E-state index contributed by atoms with van der Waals surface area (Å²) in [6.07, 6.45) is 3.30. The van der Waals surface area contributed by atoms with Crippen molar-refractivity contribution in [1.29, 1.82) is 0 Å². The Hall–Kier alpha value is -1.22. The van der Waals surface area contributed by atoms with Crippen molar-refractivity contribution in [1.82, 2.24) is 5.32 Å². The molecule has 1 aliphatic rings. The van der Waals surface area contributed by atoms with Crippen LogP contribution < -0.4 is 10.1 Å². The first-order valence-corrected chi connectivity index (χ1v) is 7.53. The van der Waals surface area contributed by atoms with Crippen molar-refractivity contribution >= 4 is 0 Å². The highest BCUT2D eigenvalue weighted by Crippen LogP contribution is 2.37. The second-order valence-corrected chi connectivity index (χ2v) is 6.83. The first kappa shape index (κ1) is 15.2. The predicted octanol–water partition coefficient (Wildman–Crippen LogP) is 3.24. The fourth-order valence-corrected chi connectivity index (χ4v) is 2.81. The van der Waals surface area contributed by atoms with E-state index in [1.54, 1.807) is 7.11 Å². The number of piperidine rings is 1. The molecule has 0 saturated carbocycles. The lowest BCUT2D eigenvalue weighted by molar-refractivity contribution is 0.350. The number of hydrogen-bond acceptors (Lipinski definition) is 3. The number of aromatic hydroxyl groups is 1. The molecule has 0 amide bonds. The van der Waals surface area contributed by atoms with Crippen LogP contribution in [0.5, 0.6) is 11.5 Å². The molecule has 1 aromatic rings. The van der Waals surface area contributed by atoms with Gasteiger partial charge in [0.1, 0.15) is 0 Å². The largest absolute Gasteiger partial charge is 0.504 e. The van der Waals surface area contributed by atoms with Gasteiger partial charge in [-0.15, -0.1) is 0 Å². The maximum Gasteiger partial charge on any atom is 0.161 e. The third-order valence-corrected chi connectivity index (χ3v) is 4.21. The third kappa shape index (κ3) is 3.45. The minimum absolute atomic E-state index is 0.0594. The molecule has 0 bridgehead atoms. The van der Waals surface area contributed by atoms with Gasteiger partial charge in [-0.3, -0.25) is 0 Å². The molecule has 1 fully saturated rings. The average molecular weight is 277 g/mol. The lowest BCUT2D eigenvalue weighted by atomic mass is 9.83. The van der Waals surface area contributed by atoms with Gasteiger partial charge in [-0.25, -0.2) is 0 Å². The Labute approximate surface area is 122 Å². The Morgan fingerprint density at radius 1 is 1.25 bits per heavy atom. The summed E-state index contributed by atoms with van der Waals surface area (Å²) >= 11 is 0. The van der Waals surface area contributed by atoms with Crippen molar-refractivity contribution in [3.63, 3.8) is 0 Å². The zero-order valence-electron chi connectivity index (χ0n) is 13.1. The van der Waals surface area contributed by atoms with Crippen LogP contribution in [0, 0.1) is 5.92 Å². The van der Waals surface area contributed by atoms with Crippen molar-refractivity contribution in [3.05, 3.63) is 23.3 Å². The molecule has 1 heterocycles. The van der Waals surface area contributed by atoms with Crippen molar-refractivity contribution in [2.45, 2.75) is 45.4 Å². The van der Waals surface area contributed by atoms with Gasteiger partial charge in [0, 0.05) is 0 Å². The van der Waals surface area contributed by atoms with E-state index in [0.29, 0.717) is 17.4 Å². The Bertz CT molecular complexity index is 457. The smallest absolute Gasteiger partial charge is 0.161 e. The summed E-state index contributed by atoms with van der Waals surface area (Å²) in [7, 11) is 1.62. The van der Waals surface area contributed by atoms with Crippen LogP contribution in [0.2, 0.25) is 0 Å². The van der Waals surface area contributed by atoms with Gasteiger partial charge in [0.15, 0.2) is 11.5 Å². The molecule has 2 rings (SSSR count). The number of ether oxygens (including phenoxy) is 1. The SMILES string of the molecule is COc1cc(C(C)(C)C)cc(CC2CCNCC2)c1O. The van der Waals surface area contributed by atoms with E-state index in [1.807, 2.05) is 6.07 Å². The quantitative estimate of drug-likeness (QED) is 0.891. The summed E-state index contributed by atoms with van der Waals surface area (Å²) in [6.45, 7) is 8.73. The predicted molar refractivity (Wildman–Crippen MR) is 82.7 cm³/mol. The Balaban J connectivity index is 2.30.